The van der Waals surface area contributed by atoms with Gasteiger partial charge in [-0.15, -0.1) is 12.4 Å². The molecule has 1 saturated carbocycles. The minimum absolute atomic E-state index is 0. The Labute approximate surface area is 140 Å². The van der Waals surface area contributed by atoms with E-state index in [9.17, 15) is 4.79 Å². The fourth-order valence-corrected chi connectivity index (χ4v) is 3.87. The van der Waals surface area contributed by atoms with E-state index in [0.29, 0.717) is 6.61 Å². The Kier molecular flexibility index (Phi) is 7.59. The van der Waals surface area contributed by atoms with E-state index in [-0.39, 0.29) is 48.0 Å². The lowest BCUT2D eigenvalue weighted by Crippen LogP contribution is -2.67. The van der Waals surface area contributed by atoms with Gasteiger partial charge in [-0.1, -0.05) is 13.8 Å². The average molecular weight is 335 g/mol. The standard InChI is InChI=1S/C16H30N2O3.ClH/c1-5-16(6-2)12(10-13(16)20-7-3)18-15(19)14-11(4)21-9-8-17-14;/h11-14,17H,5-10H2,1-4H3,(H,18,19);1H/t11-,12?,13?,14+;/m1./s1. The summed E-state index contributed by atoms with van der Waals surface area (Å²) < 4.78 is 11.4. The molecule has 1 heterocycles. The minimum Gasteiger partial charge on any atom is -0.378 e. The molecule has 1 saturated heterocycles. The molecular weight excluding hydrogens is 304 g/mol. The van der Waals surface area contributed by atoms with Crippen LogP contribution in [-0.2, 0) is 14.3 Å². The largest absolute Gasteiger partial charge is 0.378 e. The molecule has 2 fully saturated rings. The van der Waals surface area contributed by atoms with Gasteiger partial charge in [-0.3, -0.25) is 4.79 Å². The topological polar surface area (TPSA) is 59.6 Å². The van der Waals surface area contributed by atoms with Crippen LogP contribution in [0.25, 0.3) is 0 Å². The van der Waals surface area contributed by atoms with Gasteiger partial charge in [0.15, 0.2) is 0 Å². The van der Waals surface area contributed by atoms with E-state index in [1.54, 1.807) is 0 Å². The third kappa shape index (κ3) is 3.58. The van der Waals surface area contributed by atoms with E-state index in [0.717, 1.165) is 32.4 Å². The van der Waals surface area contributed by atoms with Crippen LogP contribution in [0.3, 0.4) is 0 Å². The third-order valence-electron chi connectivity index (χ3n) is 5.38. The van der Waals surface area contributed by atoms with Crippen LogP contribution in [0.4, 0.5) is 0 Å². The Morgan fingerprint density at radius 3 is 2.59 bits per heavy atom. The molecule has 22 heavy (non-hydrogen) atoms. The monoisotopic (exact) mass is 334 g/mol. The zero-order valence-electron chi connectivity index (χ0n) is 14.2. The van der Waals surface area contributed by atoms with Crippen LogP contribution in [0.5, 0.6) is 0 Å². The highest BCUT2D eigenvalue weighted by molar-refractivity contribution is 5.85. The maximum atomic E-state index is 12.5. The molecule has 4 atom stereocenters. The SMILES string of the molecule is CCOC1CC(NC(=O)[C@H]2NCCO[C@@H]2C)C1(CC)CC.Cl. The first kappa shape index (κ1) is 19.7. The van der Waals surface area contributed by atoms with E-state index < -0.39 is 0 Å². The number of amides is 1. The highest BCUT2D eigenvalue weighted by atomic mass is 35.5. The number of rotatable bonds is 6. The van der Waals surface area contributed by atoms with E-state index in [2.05, 4.69) is 24.5 Å². The minimum atomic E-state index is -0.240. The number of hydrogen-bond donors (Lipinski definition) is 2. The summed E-state index contributed by atoms with van der Waals surface area (Å²) >= 11 is 0. The Morgan fingerprint density at radius 2 is 2.05 bits per heavy atom. The summed E-state index contributed by atoms with van der Waals surface area (Å²) in [6.45, 7) is 10.5. The van der Waals surface area contributed by atoms with Crippen LogP contribution < -0.4 is 10.6 Å². The molecule has 1 amide bonds. The van der Waals surface area contributed by atoms with Gasteiger partial charge in [0, 0.05) is 24.6 Å². The molecule has 1 aliphatic carbocycles. The van der Waals surface area contributed by atoms with E-state index in [4.69, 9.17) is 9.47 Å². The summed E-state index contributed by atoms with van der Waals surface area (Å²) in [4.78, 5) is 12.5. The quantitative estimate of drug-likeness (QED) is 0.778. The van der Waals surface area contributed by atoms with Crippen molar-refractivity contribution in [1.82, 2.24) is 10.6 Å². The lowest BCUT2D eigenvalue weighted by Gasteiger charge is -2.55. The second-order valence-electron chi connectivity index (χ2n) is 6.19. The molecule has 2 unspecified atom stereocenters. The normalized spacial score (nSPS) is 33.5. The van der Waals surface area contributed by atoms with Crippen LogP contribution in [-0.4, -0.2) is 50.0 Å². The number of nitrogens with one attached hydrogen (secondary N) is 2. The van der Waals surface area contributed by atoms with Crippen LogP contribution in [0.2, 0.25) is 0 Å². The van der Waals surface area contributed by atoms with Gasteiger partial charge in [-0.2, -0.15) is 0 Å². The second kappa shape index (κ2) is 8.48. The molecule has 0 bridgehead atoms. The van der Waals surface area contributed by atoms with Gasteiger partial charge in [-0.25, -0.2) is 0 Å². The molecule has 6 heteroatoms. The van der Waals surface area contributed by atoms with Gasteiger partial charge in [0.05, 0.1) is 18.8 Å². The Hall–Kier alpha value is -0.360. The fraction of sp³-hybridized carbons (Fsp3) is 0.938. The zero-order valence-corrected chi connectivity index (χ0v) is 15.0. The van der Waals surface area contributed by atoms with Gasteiger partial charge >= 0.3 is 0 Å². The zero-order chi connectivity index (χ0) is 15.5. The summed E-state index contributed by atoms with van der Waals surface area (Å²) in [5.74, 6) is 0.0634. The molecule has 0 aromatic heterocycles. The van der Waals surface area contributed by atoms with Crippen LogP contribution in [0, 0.1) is 5.41 Å². The Bertz CT molecular complexity index is 363. The van der Waals surface area contributed by atoms with Crippen LogP contribution in [0.1, 0.15) is 47.0 Å². The van der Waals surface area contributed by atoms with Crippen molar-refractivity contribution in [2.24, 2.45) is 5.41 Å². The molecule has 5 nitrogen and oxygen atoms in total. The van der Waals surface area contributed by atoms with Crippen molar-refractivity contribution in [2.75, 3.05) is 19.8 Å². The first-order chi connectivity index (χ1) is 10.1. The number of hydrogen-bond acceptors (Lipinski definition) is 4. The van der Waals surface area contributed by atoms with Crippen LogP contribution in [0.15, 0.2) is 0 Å². The van der Waals surface area contributed by atoms with Gasteiger partial charge in [0.1, 0.15) is 6.04 Å². The molecule has 0 radical (unpaired) electrons. The number of halogens is 1. The number of morpholine rings is 1. The lowest BCUT2D eigenvalue weighted by molar-refractivity contribution is -0.152. The van der Waals surface area contributed by atoms with Crippen molar-refractivity contribution in [3.63, 3.8) is 0 Å². The molecule has 2 N–H and O–H groups in total. The molecular formula is C16H31ClN2O3. The van der Waals surface area contributed by atoms with Gasteiger partial charge in [0.25, 0.3) is 0 Å². The Balaban J connectivity index is 0.00000242. The van der Waals surface area contributed by atoms with Crippen molar-refractivity contribution in [3.05, 3.63) is 0 Å². The van der Waals surface area contributed by atoms with E-state index >= 15 is 0 Å². The third-order valence-corrected chi connectivity index (χ3v) is 5.38. The number of carbonyl (C=O) groups excluding carboxylic acids is 1. The lowest BCUT2D eigenvalue weighted by atomic mass is 9.58. The van der Waals surface area contributed by atoms with E-state index in [1.807, 2.05) is 13.8 Å². The van der Waals surface area contributed by atoms with Crippen molar-refractivity contribution >= 4 is 18.3 Å². The smallest absolute Gasteiger partial charge is 0.240 e. The molecule has 2 rings (SSSR count). The summed E-state index contributed by atoms with van der Waals surface area (Å²) in [6, 6.07) is -0.0243. The van der Waals surface area contributed by atoms with Gasteiger partial charge in [-0.05, 0) is 33.1 Å². The Morgan fingerprint density at radius 1 is 1.36 bits per heavy atom. The summed E-state index contributed by atoms with van der Waals surface area (Å²) in [7, 11) is 0. The predicted octanol–water partition coefficient (Wildman–Crippen LogP) is 1.89. The summed E-state index contributed by atoms with van der Waals surface area (Å²) in [5.41, 5.74) is 0.0877. The summed E-state index contributed by atoms with van der Waals surface area (Å²) in [6.07, 6.45) is 3.19. The molecule has 0 spiro atoms. The maximum absolute atomic E-state index is 12.5. The van der Waals surface area contributed by atoms with Crippen molar-refractivity contribution < 1.29 is 14.3 Å². The molecule has 0 aromatic rings. The molecule has 0 aromatic carbocycles. The first-order valence-electron chi connectivity index (χ1n) is 8.36. The summed E-state index contributed by atoms with van der Waals surface area (Å²) in [5, 5.41) is 6.49. The first-order valence-corrected chi connectivity index (χ1v) is 8.36. The molecule has 130 valence electrons. The van der Waals surface area contributed by atoms with Crippen molar-refractivity contribution in [1.29, 1.82) is 0 Å². The van der Waals surface area contributed by atoms with Crippen LogP contribution >= 0.6 is 12.4 Å². The van der Waals surface area contributed by atoms with Gasteiger partial charge in [0.2, 0.25) is 5.91 Å². The van der Waals surface area contributed by atoms with Gasteiger partial charge < -0.3 is 20.1 Å². The van der Waals surface area contributed by atoms with Crippen molar-refractivity contribution in [3.8, 4) is 0 Å². The highest BCUT2D eigenvalue weighted by Gasteiger charge is 2.54. The number of carbonyl (C=O) groups is 1. The molecule has 1 aliphatic heterocycles. The highest BCUT2D eigenvalue weighted by Crippen LogP contribution is 2.48. The maximum Gasteiger partial charge on any atom is 0.240 e. The fourth-order valence-electron chi connectivity index (χ4n) is 3.87. The second-order valence-corrected chi connectivity index (χ2v) is 6.19. The number of ether oxygens (including phenoxy) is 2. The van der Waals surface area contributed by atoms with Crippen molar-refractivity contribution in [2.45, 2.75) is 71.2 Å². The average Bonchev–Trinajstić information content (AvgIpc) is 2.48. The van der Waals surface area contributed by atoms with E-state index in [1.165, 1.54) is 0 Å². The molecule has 2 aliphatic rings. The predicted molar refractivity (Wildman–Crippen MR) is 89.4 cm³/mol.